The third-order valence-corrected chi connectivity index (χ3v) is 5.14. The molecule has 0 aromatic carbocycles. The largest absolute Gasteiger partial charge is 0.459 e. The first-order valence-corrected chi connectivity index (χ1v) is 10.2. The van der Waals surface area contributed by atoms with E-state index in [1.807, 2.05) is 6.92 Å². The zero-order chi connectivity index (χ0) is 19.5. The van der Waals surface area contributed by atoms with Gasteiger partial charge in [-0.2, -0.15) is 0 Å². The molecule has 1 aliphatic rings. The lowest BCUT2D eigenvalue weighted by atomic mass is 10.0. The maximum Gasteiger partial charge on any atom is 0.287 e. The summed E-state index contributed by atoms with van der Waals surface area (Å²) in [5, 5.41) is 9.56. The van der Waals surface area contributed by atoms with Gasteiger partial charge in [-0.05, 0) is 45.2 Å². The van der Waals surface area contributed by atoms with Gasteiger partial charge in [-0.25, -0.2) is 0 Å². The molecule has 1 aliphatic heterocycles. The van der Waals surface area contributed by atoms with Crippen LogP contribution in [-0.4, -0.2) is 62.6 Å². The van der Waals surface area contributed by atoms with Crippen LogP contribution < -0.4 is 16.0 Å². The number of piperidine rings is 1. The minimum Gasteiger partial charge on any atom is -0.459 e. The molecule has 160 valence electrons. The van der Waals surface area contributed by atoms with Gasteiger partial charge in [0.15, 0.2) is 11.7 Å². The van der Waals surface area contributed by atoms with Gasteiger partial charge in [-0.1, -0.05) is 13.3 Å². The summed E-state index contributed by atoms with van der Waals surface area (Å²) >= 11 is 0. The number of carbonyl (C=O) groups is 1. The van der Waals surface area contributed by atoms with E-state index in [-0.39, 0.29) is 29.9 Å². The van der Waals surface area contributed by atoms with E-state index >= 15 is 0 Å². The van der Waals surface area contributed by atoms with Gasteiger partial charge in [0.2, 0.25) is 0 Å². The van der Waals surface area contributed by atoms with Gasteiger partial charge in [0.25, 0.3) is 5.91 Å². The molecule has 1 fully saturated rings. The first kappa shape index (κ1) is 24.7. The van der Waals surface area contributed by atoms with Crippen LogP contribution in [0.3, 0.4) is 0 Å². The minimum absolute atomic E-state index is 0. The molecule has 1 unspecified atom stereocenters. The fraction of sp³-hybridized carbons (Fsp3) is 0.700. The standard InChI is InChI=1S/C20H35N5O2.HI/c1-4-17-8-5-6-13-25(17)14-12-24-20(21-3)23-11-7-10-22-19(26)18-16(2)9-15-27-18;/h9,15,17H,4-8,10-14H2,1-3H3,(H,22,26)(H2,21,23,24);1H. The first-order valence-electron chi connectivity index (χ1n) is 10.2. The highest BCUT2D eigenvalue weighted by Crippen LogP contribution is 2.18. The summed E-state index contributed by atoms with van der Waals surface area (Å²) in [5.41, 5.74) is 0.856. The zero-order valence-corrected chi connectivity index (χ0v) is 19.8. The molecule has 1 atom stereocenters. The number of carbonyl (C=O) groups excluding carboxylic acids is 1. The third kappa shape index (κ3) is 7.98. The Balaban J connectivity index is 0.00000392. The van der Waals surface area contributed by atoms with Gasteiger partial charge in [0.05, 0.1) is 6.26 Å². The molecule has 0 spiro atoms. The third-order valence-electron chi connectivity index (χ3n) is 5.14. The molecule has 8 heteroatoms. The van der Waals surface area contributed by atoms with E-state index in [2.05, 4.69) is 32.8 Å². The molecule has 0 radical (unpaired) electrons. The van der Waals surface area contributed by atoms with Crippen molar-refractivity contribution in [3.8, 4) is 0 Å². The maximum absolute atomic E-state index is 12.0. The Morgan fingerprint density at radius 1 is 1.25 bits per heavy atom. The van der Waals surface area contributed by atoms with Crippen molar-refractivity contribution in [3.63, 3.8) is 0 Å². The van der Waals surface area contributed by atoms with Crippen molar-refractivity contribution in [2.24, 2.45) is 4.99 Å². The Bertz CT molecular complexity index is 605. The lowest BCUT2D eigenvalue weighted by Gasteiger charge is -2.35. The Morgan fingerprint density at radius 3 is 2.68 bits per heavy atom. The summed E-state index contributed by atoms with van der Waals surface area (Å²) in [6.07, 6.45) is 7.58. The van der Waals surface area contributed by atoms with Crippen LogP contribution in [0.2, 0.25) is 0 Å². The molecule has 2 rings (SSSR count). The van der Waals surface area contributed by atoms with Crippen molar-refractivity contribution in [1.82, 2.24) is 20.9 Å². The summed E-state index contributed by atoms with van der Waals surface area (Å²) in [7, 11) is 1.78. The van der Waals surface area contributed by atoms with Crippen molar-refractivity contribution in [2.75, 3.05) is 39.8 Å². The maximum atomic E-state index is 12.0. The highest BCUT2D eigenvalue weighted by molar-refractivity contribution is 14.0. The molecule has 1 aromatic heterocycles. The van der Waals surface area contributed by atoms with Crippen LogP contribution in [0, 0.1) is 6.92 Å². The number of amides is 1. The number of furan rings is 1. The molecule has 1 saturated heterocycles. The normalized spacial score (nSPS) is 17.7. The van der Waals surface area contributed by atoms with Crippen molar-refractivity contribution < 1.29 is 9.21 Å². The lowest BCUT2D eigenvalue weighted by molar-refractivity contribution is 0.0925. The number of halogens is 1. The van der Waals surface area contributed by atoms with Crippen LogP contribution in [0.5, 0.6) is 0 Å². The Kier molecular flexibility index (Phi) is 12.2. The summed E-state index contributed by atoms with van der Waals surface area (Å²) in [6.45, 7) is 8.64. The number of hydrogen-bond donors (Lipinski definition) is 3. The monoisotopic (exact) mass is 505 g/mol. The van der Waals surface area contributed by atoms with E-state index in [1.54, 1.807) is 13.1 Å². The first-order chi connectivity index (χ1) is 13.2. The average molecular weight is 505 g/mol. The summed E-state index contributed by atoms with van der Waals surface area (Å²) in [6, 6.07) is 2.52. The highest BCUT2D eigenvalue weighted by atomic mass is 127. The van der Waals surface area contributed by atoms with Crippen molar-refractivity contribution in [1.29, 1.82) is 0 Å². The minimum atomic E-state index is -0.160. The number of nitrogens with zero attached hydrogens (tertiary/aromatic N) is 2. The van der Waals surface area contributed by atoms with Crippen molar-refractivity contribution in [2.45, 2.75) is 52.0 Å². The molecule has 1 amide bonds. The van der Waals surface area contributed by atoms with Gasteiger partial charge in [-0.3, -0.25) is 14.7 Å². The fourth-order valence-electron chi connectivity index (χ4n) is 3.54. The fourth-order valence-corrected chi connectivity index (χ4v) is 3.54. The number of hydrogen-bond acceptors (Lipinski definition) is 4. The Labute approximate surface area is 186 Å². The second-order valence-electron chi connectivity index (χ2n) is 7.06. The predicted molar refractivity (Wildman–Crippen MR) is 125 cm³/mol. The second kappa shape index (κ2) is 13.8. The van der Waals surface area contributed by atoms with Crippen LogP contribution in [-0.2, 0) is 0 Å². The van der Waals surface area contributed by atoms with Gasteiger partial charge in [0, 0.05) is 44.8 Å². The highest BCUT2D eigenvalue weighted by Gasteiger charge is 2.19. The predicted octanol–water partition coefficient (Wildman–Crippen LogP) is 2.76. The summed E-state index contributed by atoms with van der Waals surface area (Å²) in [4.78, 5) is 18.8. The van der Waals surface area contributed by atoms with Crippen LogP contribution >= 0.6 is 24.0 Å². The molecular weight excluding hydrogens is 469 g/mol. The van der Waals surface area contributed by atoms with E-state index in [0.717, 1.165) is 43.6 Å². The quantitative estimate of drug-likeness (QED) is 0.208. The molecule has 28 heavy (non-hydrogen) atoms. The van der Waals surface area contributed by atoms with E-state index < -0.39 is 0 Å². The number of guanidine groups is 1. The van der Waals surface area contributed by atoms with Gasteiger partial charge in [0.1, 0.15) is 0 Å². The number of aryl methyl sites for hydroxylation is 1. The van der Waals surface area contributed by atoms with Crippen molar-refractivity contribution >= 4 is 35.8 Å². The van der Waals surface area contributed by atoms with E-state index in [0.29, 0.717) is 12.3 Å². The Morgan fingerprint density at radius 2 is 2.00 bits per heavy atom. The average Bonchev–Trinajstić information content (AvgIpc) is 3.12. The smallest absolute Gasteiger partial charge is 0.287 e. The molecule has 0 bridgehead atoms. The molecule has 1 aromatic rings. The molecule has 7 nitrogen and oxygen atoms in total. The number of aliphatic imine (C=N–C) groups is 1. The van der Waals surface area contributed by atoms with Gasteiger partial charge < -0.3 is 20.4 Å². The molecule has 2 heterocycles. The Hall–Kier alpha value is -1.29. The summed E-state index contributed by atoms with van der Waals surface area (Å²) < 4.78 is 5.19. The summed E-state index contributed by atoms with van der Waals surface area (Å²) in [5.74, 6) is 1.05. The molecular formula is C20H36IN5O2. The van der Waals surface area contributed by atoms with E-state index in [1.165, 1.54) is 38.5 Å². The number of nitrogens with one attached hydrogen (secondary N) is 3. The topological polar surface area (TPSA) is 81.9 Å². The van der Waals surface area contributed by atoms with Gasteiger partial charge in [-0.15, -0.1) is 24.0 Å². The van der Waals surface area contributed by atoms with Crippen LogP contribution in [0.4, 0.5) is 0 Å². The van der Waals surface area contributed by atoms with Crippen LogP contribution in [0.1, 0.15) is 55.1 Å². The van der Waals surface area contributed by atoms with Crippen molar-refractivity contribution in [3.05, 3.63) is 23.7 Å². The van der Waals surface area contributed by atoms with E-state index in [4.69, 9.17) is 4.42 Å². The van der Waals surface area contributed by atoms with Gasteiger partial charge >= 0.3 is 0 Å². The van der Waals surface area contributed by atoms with E-state index in [9.17, 15) is 4.79 Å². The molecule has 0 saturated carbocycles. The molecule has 3 N–H and O–H groups in total. The molecule has 0 aliphatic carbocycles. The van der Waals surface area contributed by atoms with Crippen LogP contribution in [0.15, 0.2) is 21.7 Å². The SMILES string of the molecule is CCC1CCCCN1CCNC(=NC)NCCCNC(=O)c1occc1C.I. The second-order valence-corrected chi connectivity index (χ2v) is 7.06. The zero-order valence-electron chi connectivity index (χ0n) is 17.4. The number of rotatable bonds is 9. The number of likely N-dealkylation sites (tertiary alicyclic amines) is 1. The lowest BCUT2D eigenvalue weighted by Crippen LogP contribution is -2.46. The van der Waals surface area contributed by atoms with Crippen LogP contribution in [0.25, 0.3) is 0 Å².